The molecule has 0 bridgehead atoms. The van der Waals surface area contributed by atoms with E-state index < -0.39 is 5.91 Å². The van der Waals surface area contributed by atoms with E-state index in [1.54, 1.807) is 6.21 Å². The van der Waals surface area contributed by atoms with E-state index in [0.717, 1.165) is 0 Å². The van der Waals surface area contributed by atoms with Crippen LogP contribution >= 0.6 is 11.8 Å². The van der Waals surface area contributed by atoms with Crippen LogP contribution in [0.15, 0.2) is 15.1 Å². The molecule has 104 valence electrons. The summed E-state index contributed by atoms with van der Waals surface area (Å²) in [6, 6.07) is 0. The van der Waals surface area contributed by atoms with Gasteiger partial charge in [0.15, 0.2) is 0 Å². The van der Waals surface area contributed by atoms with Crippen LogP contribution in [0.3, 0.4) is 0 Å². The minimum Gasteiger partial charge on any atom is -0.370 e. The summed E-state index contributed by atoms with van der Waals surface area (Å²) in [5, 5.41) is 12.4. The molecule has 1 aromatic heterocycles. The van der Waals surface area contributed by atoms with Crippen LogP contribution in [0, 0.1) is 0 Å². The van der Waals surface area contributed by atoms with Gasteiger partial charge in [0, 0.05) is 24.3 Å². The van der Waals surface area contributed by atoms with Crippen molar-refractivity contribution in [1.82, 2.24) is 14.9 Å². The van der Waals surface area contributed by atoms with E-state index >= 15 is 0 Å². The van der Waals surface area contributed by atoms with Gasteiger partial charge < -0.3 is 5.73 Å². The lowest BCUT2D eigenvalue weighted by atomic mass is 10.2. The van der Waals surface area contributed by atoms with E-state index in [9.17, 15) is 9.59 Å². The van der Waals surface area contributed by atoms with E-state index in [2.05, 4.69) is 15.3 Å². The van der Waals surface area contributed by atoms with Crippen LogP contribution in [0.25, 0.3) is 0 Å². The predicted molar refractivity (Wildman–Crippen MR) is 74.4 cm³/mol. The van der Waals surface area contributed by atoms with Gasteiger partial charge >= 0.3 is 0 Å². The topological polar surface area (TPSA) is 103 Å². The van der Waals surface area contributed by atoms with E-state index in [0.29, 0.717) is 5.16 Å². The highest BCUT2D eigenvalue weighted by Gasteiger charge is 2.17. The molecule has 1 amide bonds. The number of amides is 1. The van der Waals surface area contributed by atoms with Gasteiger partial charge in [-0.05, 0) is 6.92 Å². The molecule has 8 heteroatoms. The predicted octanol–water partition coefficient (Wildman–Crippen LogP) is 0.411. The average molecular weight is 283 g/mol. The Labute approximate surface area is 115 Å². The molecule has 0 saturated heterocycles. The summed E-state index contributed by atoms with van der Waals surface area (Å²) in [5.41, 5.74) is 4.88. The molecule has 0 radical (unpaired) electrons. The van der Waals surface area contributed by atoms with Crippen molar-refractivity contribution >= 4 is 23.9 Å². The Morgan fingerprint density at radius 3 is 2.79 bits per heavy atom. The summed E-state index contributed by atoms with van der Waals surface area (Å²) in [4.78, 5) is 22.6. The van der Waals surface area contributed by atoms with E-state index in [-0.39, 0.29) is 29.3 Å². The van der Waals surface area contributed by atoms with E-state index in [1.807, 2.05) is 20.8 Å². The molecular weight excluding hydrogens is 266 g/mol. The number of thioether (sulfide) groups is 1. The van der Waals surface area contributed by atoms with E-state index in [1.165, 1.54) is 16.4 Å². The molecule has 1 aromatic rings. The second-order valence-electron chi connectivity index (χ2n) is 3.60. The summed E-state index contributed by atoms with van der Waals surface area (Å²) >= 11 is 1.41. The van der Waals surface area contributed by atoms with Crippen molar-refractivity contribution < 1.29 is 4.79 Å². The van der Waals surface area contributed by atoms with Crippen molar-refractivity contribution in [3.05, 3.63) is 16.0 Å². The van der Waals surface area contributed by atoms with Crippen LogP contribution in [-0.4, -0.2) is 32.2 Å². The Bertz CT molecular complexity index is 540. The molecule has 2 rings (SSSR count). The maximum atomic E-state index is 11.9. The Morgan fingerprint density at radius 2 is 2.16 bits per heavy atom. The third-order valence-corrected chi connectivity index (χ3v) is 3.13. The first-order valence-electron chi connectivity index (χ1n) is 6.06. The molecule has 7 nitrogen and oxygen atoms in total. The number of rotatable bonds is 3. The third kappa shape index (κ3) is 3.88. The molecule has 0 saturated carbocycles. The molecule has 0 fully saturated rings. The number of aromatic nitrogens is 3. The highest BCUT2D eigenvalue weighted by atomic mass is 32.2. The minimum absolute atomic E-state index is 0.0799. The SMILES string of the molecule is CC.CC1C=Nn2c(nnc(CCC(N)=O)c2=O)S1. The lowest BCUT2D eigenvalue weighted by molar-refractivity contribution is -0.118. The quantitative estimate of drug-likeness (QED) is 0.865. The Hall–Kier alpha value is -1.70. The van der Waals surface area contributed by atoms with Crippen molar-refractivity contribution in [2.24, 2.45) is 10.8 Å². The van der Waals surface area contributed by atoms with Gasteiger partial charge in [0.25, 0.3) is 5.56 Å². The zero-order valence-corrected chi connectivity index (χ0v) is 12.0. The summed E-state index contributed by atoms with van der Waals surface area (Å²) in [7, 11) is 0. The van der Waals surface area contributed by atoms with Crippen LogP contribution in [0.1, 0.15) is 32.9 Å². The molecule has 0 spiro atoms. The molecule has 1 aliphatic heterocycles. The average Bonchev–Trinajstić information content (AvgIpc) is 2.40. The van der Waals surface area contributed by atoms with Gasteiger partial charge in [-0.1, -0.05) is 25.6 Å². The Balaban J connectivity index is 0.000000861. The van der Waals surface area contributed by atoms with Crippen LogP contribution in [-0.2, 0) is 11.2 Å². The number of carbonyl (C=O) groups is 1. The molecular formula is C11H17N5O2S. The summed E-state index contributed by atoms with van der Waals surface area (Å²) in [6.07, 6.45) is 1.94. The van der Waals surface area contributed by atoms with Crippen LogP contribution < -0.4 is 11.3 Å². The fraction of sp³-hybridized carbons (Fsp3) is 0.545. The monoisotopic (exact) mass is 283 g/mol. The highest BCUT2D eigenvalue weighted by Crippen LogP contribution is 2.21. The van der Waals surface area contributed by atoms with Gasteiger partial charge in [-0.25, -0.2) is 0 Å². The highest BCUT2D eigenvalue weighted by molar-refractivity contribution is 8.00. The van der Waals surface area contributed by atoms with Gasteiger partial charge in [0.2, 0.25) is 11.1 Å². The number of hydrogen-bond donors (Lipinski definition) is 1. The number of nitrogens with two attached hydrogens (primary N) is 1. The van der Waals surface area contributed by atoms with Gasteiger partial charge in [-0.2, -0.15) is 9.78 Å². The van der Waals surface area contributed by atoms with Crippen molar-refractivity contribution in [2.45, 2.75) is 44.0 Å². The summed E-state index contributed by atoms with van der Waals surface area (Å²) < 4.78 is 1.20. The Morgan fingerprint density at radius 1 is 1.47 bits per heavy atom. The number of carbonyl (C=O) groups excluding carboxylic acids is 1. The third-order valence-electron chi connectivity index (χ3n) is 2.17. The zero-order valence-electron chi connectivity index (χ0n) is 11.2. The molecule has 0 aromatic carbocycles. The zero-order chi connectivity index (χ0) is 14.4. The lowest BCUT2D eigenvalue weighted by Crippen LogP contribution is -2.29. The smallest absolute Gasteiger partial charge is 0.296 e. The number of nitrogens with zero attached hydrogens (tertiary/aromatic N) is 4. The first-order valence-corrected chi connectivity index (χ1v) is 6.94. The van der Waals surface area contributed by atoms with Crippen LogP contribution in [0.4, 0.5) is 0 Å². The molecule has 1 aliphatic rings. The van der Waals surface area contributed by atoms with Crippen molar-refractivity contribution in [3.63, 3.8) is 0 Å². The van der Waals surface area contributed by atoms with Gasteiger partial charge in [0.1, 0.15) is 5.69 Å². The molecule has 19 heavy (non-hydrogen) atoms. The standard InChI is InChI=1S/C9H11N5O2S.C2H6/c1-5-4-11-14-8(16)6(2-3-7(10)15)12-13-9(14)17-5;1-2/h4-5H,2-3H2,1H3,(H2,10,15);1-2H3. The van der Waals surface area contributed by atoms with Gasteiger partial charge in [-0.3, -0.25) is 9.59 Å². The maximum Gasteiger partial charge on any atom is 0.296 e. The minimum atomic E-state index is -0.472. The number of fused-ring (bicyclic) bond motifs is 1. The molecule has 1 unspecified atom stereocenters. The lowest BCUT2D eigenvalue weighted by Gasteiger charge is -2.13. The van der Waals surface area contributed by atoms with Crippen LogP contribution in [0.5, 0.6) is 0 Å². The molecule has 1 atom stereocenters. The molecule has 2 N–H and O–H groups in total. The second-order valence-corrected chi connectivity index (χ2v) is 4.94. The molecule has 2 heterocycles. The van der Waals surface area contributed by atoms with Crippen molar-refractivity contribution in [1.29, 1.82) is 0 Å². The normalized spacial score (nSPS) is 16.3. The number of aryl methyl sites for hydroxylation is 1. The molecule has 0 aliphatic carbocycles. The number of hydrogen-bond acceptors (Lipinski definition) is 6. The maximum absolute atomic E-state index is 11.9. The van der Waals surface area contributed by atoms with Crippen LogP contribution in [0.2, 0.25) is 0 Å². The van der Waals surface area contributed by atoms with Gasteiger partial charge in [0.05, 0.1) is 0 Å². The Kier molecular flexibility index (Phi) is 5.68. The fourth-order valence-electron chi connectivity index (χ4n) is 1.33. The first kappa shape index (κ1) is 15.4. The largest absolute Gasteiger partial charge is 0.370 e. The number of primary amides is 1. The van der Waals surface area contributed by atoms with E-state index in [4.69, 9.17) is 5.73 Å². The van der Waals surface area contributed by atoms with Crippen molar-refractivity contribution in [3.8, 4) is 0 Å². The first-order chi connectivity index (χ1) is 9.08. The second kappa shape index (κ2) is 7.03. The fourth-order valence-corrected chi connectivity index (χ4v) is 2.09. The summed E-state index contributed by atoms with van der Waals surface area (Å²) in [6.45, 7) is 5.95. The van der Waals surface area contributed by atoms with Crippen molar-refractivity contribution in [2.75, 3.05) is 0 Å². The summed E-state index contributed by atoms with van der Waals surface area (Å²) in [5.74, 6) is -0.472. The van der Waals surface area contributed by atoms with Gasteiger partial charge in [-0.15, -0.1) is 10.2 Å².